The first-order valence-electron chi connectivity index (χ1n) is 6.88. The van der Waals surface area contributed by atoms with E-state index in [0.717, 1.165) is 17.8 Å². The highest BCUT2D eigenvalue weighted by atomic mass is 16.4. The van der Waals surface area contributed by atoms with Crippen LogP contribution in [-0.2, 0) is 20.1 Å². The lowest BCUT2D eigenvalue weighted by atomic mass is 10.2. The van der Waals surface area contributed by atoms with Crippen molar-refractivity contribution >= 4 is 11.9 Å². The summed E-state index contributed by atoms with van der Waals surface area (Å²) in [6, 6.07) is 0. The van der Waals surface area contributed by atoms with Gasteiger partial charge in [-0.3, -0.25) is 14.2 Å². The molecule has 2 rings (SSSR count). The van der Waals surface area contributed by atoms with Crippen LogP contribution in [0.1, 0.15) is 39.0 Å². The number of carbonyl (C=O) groups excluding carboxylic acids is 1. The Kier molecular flexibility index (Phi) is 4.30. The second-order valence-corrected chi connectivity index (χ2v) is 5.07. The van der Waals surface area contributed by atoms with Crippen molar-refractivity contribution in [2.45, 2.75) is 26.9 Å². The highest BCUT2D eigenvalue weighted by molar-refractivity contribution is 6.03. The van der Waals surface area contributed by atoms with Gasteiger partial charge in [0.25, 0.3) is 5.91 Å². The number of aryl methyl sites for hydroxylation is 2. The van der Waals surface area contributed by atoms with Crippen LogP contribution in [0.4, 0.5) is 0 Å². The summed E-state index contributed by atoms with van der Waals surface area (Å²) >= 11 is 0. The SMILES string of the molecule is CCn1ncc(CN(C)C(=O)c2cnn(C)c2C(=O)O)c1C. The highest BCUT2D eigenvalue weighted by Gasteiger charge is 2.24. The molecule has 0 radical (unpaired) electrons. The van der Waals surface area contributed by atoms with Gasteiger partial charge in [-0.25, -0.2) is 4.79 Å². The molecule has 2 aromatic heterocycles. The zero-order chi connectivity index (χ0) is 16.4. The Bertz CT molecular complexity index is 716. The maximum absolute atomic E-state index is 12.5. The Hall–Kier alpha value is -2.64. The van der Waals surface area contributed by atoms with Crippen LogP contribution < -0.4 is 0 Å². The average molecular weight is 305 g/mol. The summed E-state index contributed by atoms with van der Waals surface area (Å²) in [5.74, 6) is -1.55. The number of aromatic nitrogens is 4. The maximum Gasteiger partial charge on any atom is 0.354 e. The molecule has 1 N–H and O–H groups in total. The van der Waals surface area contributed by atoms with E-state index in [1.54, 1.807) is 13.2 Å². The summed E-state index contributed by atoms with van der Waals surface area (Å²) in [5, 5.41) is 17.3. The van der Waals surface area contributed by atoms with E-state index < -0.39 is 5.97 Å². The Morgan fingerprint density at radius 1 is 1.32 bits per heavy atom. The predicted molar refractivity (Wildman–Crippen MR) is 78.6 cm³/mol. The average Bonchev–Trinajstić information content (AvgIpc) is 3.02. The molecule has 22 heavy (non-hydrogen) atoms. The number of aromatic carboxylic acids is 1. The molecular weight excluding hydrogens is 286 g/mol. The first kappa shape index (κ1) is 15.7. The van der Waals surface area contributed by atoms with E-state index in [2.05, 4.69) is 10.2 Å². The Balaban J connectivity index is 2.23. The molecule has 0 unspecified atom stereocenters. The van der Waals surface area contributed by atoms with E-state index in [-0.39, 0.29) is 17.2 Å². The maximum atomic E-state index is 12.5. The van der Waals surface area contributed by atoms with Crippen LogP contribution in [0, 0.1) is 6.92 Å². The first-order valence-corrected chi connectivity index (χ1v) is 6.88. The van der Waals surface area contributed by atoms with Gasteiger partial charge in [0.2, 0.25) is 0 Å². The zero-order valence-electron chi connectivity index (χ0n) is 13.1. The van der Waals surface area contributed by atoms with Gasteiger partial charge in [0.1, 0.15) is 0 Å². The Morgan fingerprint density at radius 2 is 2.00 bits per heavy atom. The van der Waals surface area contributed by atoms with E-state index in [9.17, 15) is 14.7 Å². The molecule has 0 bridgehead atoms. The number of carbonyl (C=O) groups is 2. The minimum Gasteiger partial charge on any atom is -0.477 e. The highest BCUT2D eigenvalue weighted by Crippen LogP contribution is 2.14. The summed E-state index contributed by atoms with van der Waals surface area (Å²) in [5.41, 5.74) is 1.89. The van der Waals surface area contributed by atoms with Gasteiger partial charge < -0.3 is 10.0 Å². The lowest BCUT2D eigenvalue weighted by molar-refractivity contribution is 0.0669. The van der Waals surface area contributed by atoms with Crippen molar-refractivity contribution in [1.82, 2.24) is 24.5 Å². The lowest BCUT2D eigenvalue weighted by Gasteiger charge is -2.16. The lowest BCUT2D eigenvalue weighted by Crippen LogP contribution is -2.28. The third-order valence-corrected chi connectivity index (χ3v) is 3.63. The predicted octanol–water partition coefficient (Wildman–Crippen LogP) is 0.915. The van der Waals surface area contributed by atoms with Gasteiger partial charge in [-0.1, -0.05) is 0 Å². The summed E-state index contributed by atoms with van der Waals surface area (Å²) in [4.78, 5) is 25.2. The molecule has 0 aliphatic rings. The fraction of sp³-hybridized carbons (Fsp3) is 0.429. The minimum atomic E-state index is -1.17. The van der Waals surface area contributed by atoms with Crippen LogP contribution in [-0.4, -0.2) is 48.5 Å². The molecule has 0 aliphatic carbocycles. The molecule has 0 aromatic carbocycles. The van der Waals surface area contributed by atoms with Crippen molar-refractivity contribution in [3.8, 4) is 0 Å². The minimum absolute atomic E-state index is 0.0815. The molecule has 8 nitrogen and oxygen atoms in total. The molecule has 0 saturated heterocycles. The number of hydrogen-bond acceptors (Lipinski definition) is 4. The van der Waals surface area contributed by atoms with Crippen LogP contribution in [0.5, 0.6) is 0 Å². The van der Waals surface area contributed by atoms with Crippen molar-refractivity contribution in [1.29, 1.82) is 0 Å². The van der Waals surface area contributed by atoms with Crippen molar-refractivity contribution < 1.29 is 14.7 Å². The summed E-state index contributed by atoms with van der Waals surface area (Å²) in [7, 11) is 3.12. The molecule has 1 amide bonds. The first-order chi connectivity index (χ1) is 10.4. The van der Waals surface area contributed by atoms with E-state index in [4.69, 9.17) is 0 Å². The van der Waals surface area contributed by atoms with Crippen LogP contribution in [0.2, 0.25) is 0 Å². The number of carboxylic acids is 1. The number of rotatable bonds is 5. The van der Waals surface area contributed by atoms with Gasteiger partial charge in [0, 0.05) is 38.4 Å². The molecular formula is C14H19N5O3. The van der Waals surface area contributed by atoms with E-state index >= 15 is 0 Å². The fourth-order valence-corrected chi connectivity index (χ4v) is 2.34. The second-order valence-electron chi connectivity index (χ2n) is 5.07. The van der Waals surface area contributed by atoms with Gasteiger partial charge in [-0.15, -0.1) is 0 Å². The number of hydrogen-bond donors (Lipinski definition) is 1. The molecule has 0 saturated carbocycles. The number of carboxylic acid groups (broad SMARTS) is 1. The molecule has 0 aliphatic heterocycles. The normalized spacial score (nSPS) is 10.7. The van der Waals surface area contributed by atoms with Crippen molar-refractivity contribution in [2.24, 2.45) is 7.05 Å². The van der Waals surface area contributed by atoms with Gasteiger partial charge in [0.05, 0.1) is 18.0 Å². The summed E-state index contributed by atoms with van der Waals surface area (Å²) in [6.45, 7) is 5.05. The standard InChI is InChI=1S/C14H19N5O3/c1-5-19-9(2)10(6-16-19)8-17(3)13(20)11-7-15-18(4)12(11)14(21)22/h6-7H,5,8H2,1-4H3,(H,21,22). The zero-order valence-corrected chi connectivity index (χ0v) is 13.1. The largest absolute Gasteiger partial charge is 0.477 e. The molecule has 0 fully saturated rings. The molecule has 2 heterocycles. The molecule has 0 atom stereocenters. The van der Waals surface area contributed by atoms with Gasteiger partial charge >= 0.3 is 5.97 Å². The van der Waals surface area contributed by atoms with Gasteiger partial charge in [-0.05, 0) is 13.8 Å². The van der Waals surface area contributed by atoms with Gasteiger partial charge in [-0.2, -0.15) is 10.2 Å². The van der Waals surface area contributed by atoms with Crippen LogP contribution >= 0.6 is 0 Å². The van der Waals surface area contributed by atoms with E-state index in [1.807, 2.05) is 18.5 Å². The topological polar surface area (TPSA) is 93.3 Å². The fourth-order valence-electron chi connectivity index (χ4n) is 2.34. The van der Waals surface area contributed by atoms with Crippen LogP contribution in [0.15, 0.2) is 12.4 Å². The Labute approximate surface area is 127 Å². The smallest absolute Gasteiger partial charge is 0.354 e. The monoisotopic (exact) mass is 305 g/mol. The van der Waals surface area contributed by atoms with Crippen molar-refractivity contribution in [3.05, 3.63) is 34.9 Å². The molecule has 0 spiro atoms. The third kappa shape index (κ3) is 2.72. The number of nitrogens with zero attached hydrogens (tertiary/aromatic N) is 5. The second kappa shape index (κ2) is 6.00. The van der Waals surface area contributed by atoms with E-state index in [0.29, 0.717) is 6.54 Å². The van der Waals surface area contributed by atoms with Gasteiger partial charge in [0.15, 0.2) is 5.69 Å². The van der Waals surface area contributed by atoms with Crippen molar-refractivity contribution in [3.63, 3.8) is 0 Å². The third-order valence-electron chi connectivity index (χ3n) is 3.63. The Morgan fingerprint density at radius 3 is 2.55 bits per heavy atom. The van der Waals surface area contributed by atoms with Crippen LogP contribution in [0.3, 0.4) is 0 Å². The summed E-state index contributed by atoms with van der Waals surface area (Å²) < 4.78 is 3.03. The molecule has 8 heteroatoms. The quantitative estimate of drug-likeness (QED) is 0.886. The molecule has 118 valence electrons. The molecule has 2 aromatic rings. The van der Waals surface area contributed by atoms with Crippen LogP contribution in [0.25, 0.3) is 0 Å². The van der Waals surface area contributed by atoms with Crippen molar-refractivity contribution in [2.75, 3.05) is 7.05 Å². The summed E-state index contributed by atoms with van der Waals surface area (Å²) in [6.07, 6.45) is 3.01. The number of amides is 1. The van der Waals surface area contributed by atoms with E-state index in [1.165, 1.54) is 22.8 Å².